The molecule has 4 aromatic rings. The summed E-state index contributed by atoms with van der Waals surface area (Å²) >= 11 is 7.42. The van der Waals surface area contributed by atoms with Crippen LogP contribution in [0.5, 0.6) is 17.2 Å². The lowest BCUT2D eigenvalue weighted by Gasteiger charge is -2.28. The summed E-state index contributed by atoms with van der Waals surface area (Å²) in [6.07, 6.45) is 2.93. The molecule has 5 rings (SSSR count). The van der Waals surface area contributed by atoms with Gasteiger partial charge in [0.1, 0.15) is 11.8 Å². The van der Waals surface area contributed by atoms with Crippen LogP contribution in [0.4, 0.5) is 0 Å². The van der Waals surface area contributed by atoms with Gasteiger partial charge in [-0.3, -0.25) is 9.36 Å². The molecule has 0 fully saturated rings. The first-order chi connectivity index (χ1) is 19.8. The van der Waals surface area contributed by atoms with Crippen LogP contribution in [0.15, 0.2) is 69.6 Å². The summed E-state index contributed by atoms with van der Waals surface area (Å²) in [5.41, 5.74) is 1.80. The number of esters is 1. The number of phenols is 1. The number of aromatic hydroxyl groups is 1. The molecule has 1 aliphatic rings. The molecule has 0 spiro atoms. The van der Waals surface area contributed by atoms with Crippen molar-refractivity contribution in [1.82, 2.24) is 4.57 Å². The molecule has 1 aromatic heterocycles. The minimum Gasteiger partial charge on any atom is -0.503 e. The number of carbonyl (C=O) groups excluding carboxylic acids is 1. The number of aromatic nitrogens is 1. The van der Waals surface area contributed by atoms with Crippen LogP contribution >= 0.6 is 22.9 Å². The lowest BCUT2D eigenvalue weighted by Crippen LogP contribution is -2.40. The SMILES string of the molecule is CCCC1=C(C(=O)OCC)C(c2c(OC)ccc3ccccc23)n2c(s/c(=C\c3cc(Cl)c(O)c(OC)c3)c2=O)=N1. The van der Waals surface area contributed by atoms with Crippen molar-refractivity contribution >= 4 is 45.8 Å². The summed E-state index contributed by atoms with van der Waals surface area (Å²) in [6, 6.07) is 13.9. The first-order valence-electron chi connectivity index (χ1n) is 13.2. The smallest absolute Gasteiger partial charge is 0.338 e. The Morgan fingerprint density at radius 3 is 2.59 bits per heavy atom. The van der Waals surface area contributed by atoms with Gasteiger partial charge in [0.25, 0.3) is 5.56 Å². The van der Waals surface area contributed by atoms with Gasteiger partial charge in [-0.25, -0.2) is 9.79 Å². The molecule has 1 unspecified atom stereocenters. The summed E-state index contributed by atoms with van der Waals surface area (Å²) < 4.78 is 18.5. The molecular weight excluding hydrogens is 564 g/mol. The van der Waals surface area contributed by atoms with Gasteiger partial charge in [-0.05, 0) is 54.0 Å². The third-order valence-electron chi connectivity index (χ3n) is 6.88. The Labute approximate surface area is 245 Å². The van der Waals surface area contributed by atoms with Gasteiger partial charge in [0.15, 0.2) is 16.3 Å². The van der Waals surface area contributed by atoms with Crippen LogP contribution in [-0.2, 0) is 9.53 Å². The number of hydrogen-bond donors (Lipinski definition) is 1. The topological polar surface area (TPSA) is 99.4 Å². The standard InChI is InChI=1S/C31H29ClN2O6S/c1-5-9-21-26(30(37)40-6-2)27(25-19-11-8-7-10-18(19)12-13-22(25)38-3)34-29(36)24(41-31(34)33-21)16-17-14-20(32)28(35)23(15-17)39-4/h7-8,10-16,27,35H,5-6,9H2,1-4H3/b24-16-. The Bertz CT molecular complexity index is 1870. The van der Waals surface area contributed by atoms with E-state index in [4.69, 9.17) is 30.8 Å². The monoisotopic (exact) mass is 592 g/mol. The average molecular weight is 593 g/mol. The van der Waals surface area contributed by atoms with E-state index in [9.17, 15) is 14.7 Å². The van der Waals surface area contributed by atoms with E-state index < -0.39 is 12.0 Å². The molecule has 3 aromatic carbocycles. The molecule has 1 aliphatic heterocycles. The maximum Gasteiger partial charge on any atom is 0.338 e. The highest BCUT2D eigenvalue weighted by Gasteiger charge is 2.37. The average Bonchev–Trinajstić information content (AvgIpc) is 3.27. The zero-order valence-electron chi connectivity index (χ0n) is 23.1. The van der Waals surface area contributed by atoms with E-state index in [1.165, 1.54) is 18.4 Å². The lowest BCUT2D eigenvalue weighted by molar-refractivity contribution is -0.139. The molecule has 41 heavy (non-hydrogen) atoms. The van der Waals surface area contributed by atoms with Gasteiger partial charge >= 0.3 is 5.97 Å². The number of carbonyl (C=O) groups is 1. The summed E-state index contributed by atoms with van der Waals surface area (Å²) in [5, 5.41) is 12.0. The largest absolute Gasteiger partial charge is 0.503 e. The number of benzene rings is 3. The number of rotatable bonds is 8. The van der Waals surface area contributed by atoms with Crippen molar-refractivity contribution in [3.8, 4) is 17.2 Å². The fourth-order valence-electron chi connectivity index (χ4n) is 5.11. The molecule has 0 bridgehead atoms. The van der Waals surface area contributed by atoms with E-state index >= 15 is 0 Å². The van der Waals surface area contributed by atoms with Crippen LogP contribution in [0, 0.1) is 0 Å². The van der Waals surface area contributed by atoms with E-state index in [0.717, 1.165) is 17.2 Å². The van der Waals surface area contributed by atoms with Crippen molar-refractivity contribution in [3.05, 3.63) is 95.6 Å². The first-order valence-corrected chi connectivity index (χ1v) is 14.4. The predicted octanol–water partition coefficient (Wildman–Crippen LogP) is 5.11. The van der Waals surface area contributed by atoms with Crippen LogP contribution in [0.2, 0.25) is 5.02 Å². The molecule has 1 atom stereocenters. The highest BCUT2D eigenvalue weighted by molar-refractivity contribution is 7.07. The number of allylic oxidation sites excluding steroid dienone is 1. The van der Waals surface area contributed by atoms with Crippen LogP contribution < -0.4 is 24.4 Å². The van der Waals surface area contributed by atoms with Gasteiger partial charge in [-0.1, -0.05) is 66.6 Å². The van der Waals surface area contributed by atoms with Gasteiger partial charge in [-0.15, -0.1) is 0 Å². The number of fused-ring (bicyclic) bond motifs is 2. The van der Waals surface area contributed by atoms with Crippen molar-refractivity contribution in [1.29, 1.82) is 0 Å². The Kier molecular flexibility index (Phi) is 8.19. The van der Waals surface area contributed by atoms with E-state index in [2.05, 4.69) is 0 Å². The van der Waals surface area contributed by atoms with Crippen LogP contribution in [-0.4, -0.2) is 36.5 Å². The number of methoxy groups -OCH3 is 2. The van der Waals surface area contributed by atoms with Crippen LogP contribution in [0.3, 0.4) is 0 Å². The Morgan fingerprint density at radius 2 is 1.88 bits per heavy atom. The summed E-state index contributed by atoms with van der Waals surface area (Å²) in [4.78, 5) is 33.1. The lowest BCUT2D eigenvalue weighted by atomic mass is 9.90. The quantitative estimate of drug-likeness (QED) is 0.286. The minimum absolute atomic E-state index is 0.0940. The fourth-order valence-corrected chi connectivity index (χ4v) is 6.35. The van der Waals surface area contributed by atoms with E-state index in [-0.39, 0.29) is 28.7 Å². The highest BCUT2D eigenvalue weighted by atomic mass is 35.5. The van der Waals surface area contributed by atoms with E-state index in [1.807, 2.05) is 43.3 Å². The van der Waals surface area contributed by atoms with Crippen LogP contribution in [0.1, 0.15) is 43.9 Å². The van der Waals surface area contributed by atoms with Crippen LogP contribution in [0.25, 0.3) is 16.8 Å². The Morgan fingerprint density at radius 1 is 1.12 bits per heavy atom. The number of ether oxygens (including phenoxy) is 3. The normalized spacial score (nSPS) is 15.0. The molecule has 0 aliphatic carbocycles. The molecule has 8 nitrogen and oxygen atoms in total. The predicted molar refractivity (Wildman–Crippen MR) is 160 cm³/mol. The molecule has 0 amide bonds. The van der Waals surface area contributed by atoms with Crippen molar-refractivity contribution in [3.63, 3.8) is 0 Å². The zero-order valence-corrected chi connectivity index (χ0v) is 24.6. The third kappa shape index (κ3) is 5.11. The van der Waals surface area contributed by atoms with Crippen molar-refractivity contribution in [2.75, 3.05) is 20.8 Å². The molecule has 10 heteroatoms. The maximum absolute atomic E-state index is 14.2. The molecule has 2 heterocycles. The summed E-state index contributed by atoms with van der Waals surface area (Å²) in [5.74, 6) is 0.0192. The molecular formula is C31H29ClN2O6S. The van der Waals surface area contributed by atoms with Gasteiger partial charge < -0.3 is 19.3 Å². The van der Waals surface area contributed by atoms with Gasteiger partial charge in [-0.2, -0.15) is 0 Å². The summed E-state index contributed by atoms with van der Waals surface area (Å²) in [7, 11) is 2.99. The van der Waals surface area contributed by atoms with Crippen molar-refractivity contribution in [2.45, 2.75) is 32.7 Å². The second-order valence-electron chi connectivity index (χ2n) is 9.37. The highest BCUT2D eigenvalue weighted by Crippen LogP contribution is 2.41. The van der Waals surface area contributed by atoms with E-state index in [1.54, 1.807) is 36.8 Å². The molecule has 0 radical (unpaired) electrons. The van der Waals surface area contributed by atoms with Gasteiger partial charge in [0.05, 0.1) is 41.7 Å². The Balaban J connectivity index is 1.87. The molecule has 212 valence electrons. The number of nitrogens with zero attached hydrogens (tertiary/aromatic N) is 2. The minimum atomic E-state index is -0.840. The van der Waals surface area contributed by atoms with Crippen molar-refractivity contribution < 1.29 is 24.1 Å². The number of thiazole rings is 1. The van der Waals surface area contributed by atoms with Crippen molar-refractivity contribution in [2.24, 2.45) is 4.99 Å². The summed E-state index contributed by atoms with van der Waals surface area (Å²) in [6.45, 7) is 3.93. The molecule has 0 saturated carbocycles. The number of phenolic OH excluding ortho intramolecular Hbond substituents is 1. The second kappa shape index (κ2) is 11.8. The third-order valence-corrected chi connectivity index (χ3v) is 8.16. The first kappa shape index (κ1) is 28.4. The molecule has 1 N–H and O–H groups in total. The number of halogens is 1. The number of hydrogen-bond acceptors (Lipinski definition) is 8. The van der Waals surface area contributed by atoms with Gasteiger partial charge in [0, 0.05) is 5.56 Å². The Hall–Kier alpha value is -4.08. The van der Waals surface area contributed by atoms with E-state index in [0.29, 0.717) is 43.9 Å². The zero-order chi connectivity index (χ0) is 29.3. The maximum atomic E-state index is 14.2. The van der Waals surface area contributed by atoms with Gasteiger partial charge in [0.2, 0.25) is 0 Å². The fraction of sp³-hybridized carbons (Fsp3) is 0.258. The molecule has 0 saturated heterocycles. The second-order valence-corrected chi connectivity index (χ2v) is 10.8.